The molecule has 1 rings (SSSR count). The lowest BCUT2D eigenvalue weighted by atomic mass is 10.0. The van der Waals surface area contributed by atoms with Gasteiger partial charge in [0, 0.05) is 6.04 Å². The molecule has 2 N–H and O–H groups in total. The lowest BCUT2D eigenvalue weighted by Gasteiger charge is -2.14. The van der Waals surface area contributed by atoms with Gasteiger partial charge in [0.2, 0.25) is 0 Å². The number of benzene rings is 1. The Balaban J connectivity index is 2.90. The van der Waals surface area contributed by atoms with Crippen molar-refractivity contribution in [2.75, 3.05) is 13.7 Å². The second-order valence-corrected chi connectivity index (χ2v) is 3.79. The third kappa shape index (κ3) is 3.97. The van der Waals surface area contributed by atoms with E-state index < -0.39 is 0 Å². The van der Waals surface area contributed by atoms with Gasteiger partial charge >= 0.3 is 0 Å². The minimum Gasteiger partial charge on any atom is -0.497 e. The second kappa shape index (κ2) is 6.77. The Morgan fingerprint density at radius 1 is 1.47 bits per heavy atom. The van der Waals surface area contributed by atoms with E-state index in [1.54, 1.807) is 7.11 Å². The Labute approximate surface area is 102 Å². The van der Waals surface area contributed by atoms with Crippen LogP contribution in [0.4, 0.5) is 0 Å². The van der Waals surface area contributed by atoms with Gasteiger partial charge in [-0.3, -0.25) is 0 Å². The van der Waals surface area contributed by atoms with Gasteiger partial charge in [0.15, 0.2) is 6.61 Å². The monoisotopic (exact) mass is 234 g/mol. The van der Waals surface area contributed by atoms with Crippen LogP contribution in [0.2, 0.25) is 0 Å². The summed E-state index contributed by atoms with van der Waals surface area (Å²) >= 11 is 0. The highest BCUT2D eigenvalue weighted by molar-refractivity contribution is 5.41. The molecule has 0 saturated heterocycles. The van der Waals surface area contributed by atoms with E-state index in [9.17, 15) is 0 Å². The van der Waals surface area contributed by atoms with Crippen LogP contribution >= 0.6 is 0 Å². The topological polar surface area (TPSA) is 68.3 Å². The first-order chi connectivity index (χ1) is 8.21. The highest BCUT2D eigenvalue weighted by Gasteiger charge is 2.09. The lowest BCUT2D eigenvalue weighted by Crippen LogP contribution is -2.21. The van der Waals surface area contributed by atoms with Gasteiger partial charge in [0.25, 0.3) is 0 Å². The standard InChI is InChI=1S/C13H18N2O2/c1-3-11(15)8-10-9-12(16-2)4-5-13(10)17-7-6-14/h4-5,9,11H,3,7-8,15H2,1-2H3. The normalized spacial score (nSPS) is 11.6. The van der Waals surface area contributed by atoms with Crippen LogP contribution in [-0.2, 0) is 6.42 Å². The smallest absolute Gasteiger partial charge is 0.174 e. The van der Waals surface area contributed by atoms with Crippen LogP contribution in [0.5, 0.6) is 11.5 Å². The van der Waals surface area contributed by atoms with Crippen LogP contribution in [0, 0.1) is 11.3 Å². The Morgan fingerprint density at radius 3 is 2.82 bits per heavy atom. The fraction of sp³-hybridized carbons (Fsp3) is 0.462. The molecule has 17 heavy (non-hydrogen) atoms. The van der Waals surface area contributed by atoms with Crippen molar-refractivity contribution in [3.05, 3.63) is 23.8 Å². The van der Waals surface area contributed by atoms with E-state index in [-0.39, 0.29) is 12.6 Å². The molecule has 4 nitrogen and oxygen atoms in total. The molecule has 0 heterocycles. The van der Waals surface area contributed by atoms with E-state index in [1.807, 2.05) is 31.2 Å². The van der Waals surface area contributed by atoms with Crippen molar-refractivity contribution in [2.45, 2.75) is 25.8 Å². The summed E-state index contributed by atoms with van der Waals surface area (Å²) in [5.74, 6) is 1.48. The van der Waals surface area contributed by atoms with Crippen molar-refractivity contribution in [3.63, 3.8) is 0 Å². The minimum absolute atomic E-state index is 0.0424. The van der Waals surface area contributed by atoms with Crippen LogP contribution in [-0.4, -0.2) is 19.8 Å². The van der Waals surface area contributed by atoms with Crippen molar-refractivity contribution in [2.24, 2.45) is 5.73 Å². The molecule has 0 aliphatic heterocycles. The Bertz CT molecular complexity index is 399. The van der Waals surface area contributed by atoms with Crippen LogP contribution in [0.3, 0.4) is 0 Å². The van der Waals surface area contributed by atoms with Gasteiger partial charge in [-0.2, -0.15) is 5.26 Å². The average Bonchev–Trinajstić information content (AvgIpc) is 2.36. The van der Waals surface area contributed by atoms with Gasteiger partial charge in [0.05, 0.1) is 7.11 Å². The summed E-state index contributed by atoms with van der Waals surface area (Å²) in [6, 6.07) is 7.58. The lowest BCUT2D eigenvalue weighted by molar-refractivity contribution is 0.360. The minimum atomic E-state index is 0.0424. The number of hydrogen-bond acceptors (Lipinski definition) is 4. The fourth-order valence-electron chi connectivity index (χ4n) is 1.52. The van der Waals surface area contributed by atoms with Gasteiger partial charge in [-0.15, -0.1) is 0 Å². The number of rotatable bonds is 6. The van der Waals surface area contributed by atoms with Crippen molar-refractivity contribution in [1.29, 1.82) is 5.26 Å². The van der Waals surface area contributed by atoms with Crippen LogP contribution in [0.25, 0.3) is 0 Å². The molecule has 1 atom stereocenters. The van der Waals surface area contributed by atoms with E-state index >= 15 is 0 Å². The van der Waals surface area contributed by atoms with Crippen LogP contribution < -0.4 is 15.2 Å². The van der Waals surface area contributed by atoms with Gasteiger partial charge in [-0.25, -0.2) is 0 Å². The zero-order chi connectivity index (χ0) is 12.7. The molecule has 1 aromatic carbocycles. The van der Waals surface area contributed by atoms with Crippen molar-refractivity contribution >= 4 is 0 Å². The predicted molar refractivity (Wildman–Crippen MR) is 66.1 cm³/mol. The van der Waals surface area contributed by atoms with E-state index in [2.05, 4.69) is 0 Å². The molecule has 0 saturated carbocycles. The van der Waals surface area contributed by atoms with Crippen molar-refractivity contribution in [3.8, 4) is 17.6 Å². The third-order valence-electron chi connectivity index (χ3n) is 2.57. The highest BCUT2D eigenvalue weighted by Crippen LogP contribution is 2.25. The zero-order valence-corrected chi connectivity index (χ0v) is 10.3. The van der Waals surface area contributed by atoms with E-state index in [0.29, 0.717) is 12.2 Å². The molecule has 4 heteroatoms. The summed E-state index contributed by atoms with van der Waals surface area (Å²) in [6.45, 7) is 2.08. The number of methoxy groups -OCH3 is 1. The third-order valence-corrected chi connectivity index (χ3v) is 2.57. The van der Waals surface area contributed by atoms with E-state index in [0.717, 1.165) is 17.7 Å². The summed E-state index contributed by atoms with van der Waals surface area (Å²) < 4.78 is 10.5. The molecule has 0 aromatic heterocycles. The molecule has 0 aliphatic rings. The fourth-order valence-corrected chi connectivity index (χ4v) is 1.52. The number of nitriles is 1. The zero-order valence-electron chi connectivity index (χ0n) is 10.3. The van der Waals surface area contributed by atoms with Crippen molar-refractivity contribution in [1.82, 2.24) is 0 Å². The van der Waals surface area contributed by atoms with Gasteiger partial charge in [-0.05, 0) is 36.6 Å². The number of nitrogens with two attached hydrogens (primary N) is 1. The molecule has 0 radical (unpaired) electrons. The number of ether oxygens (including phenoxy) is 2. The quantitative estimate of drug-likeness (QED) is 0.816. The summed E-state index contributed by atoms with van der Waals surface area (Å²) in [7, 11) is 1.62. The van der Waals surface area contributed by atoms with Crippen molar-refractivity contribution < 1.29 is 9.47 Å². The molecule has 0 bridgehead atoms. The van der Waals surface area contributed by atoms with Gasteiger partial charge < -0.3 is 15.2 Å². The molecule has 92 valence electrons. The maximum Gasteiger partial charge on any atom is 0.174 e. The SMILES string of the molecule is CCC(N)Cc1cc(OC)ccc1OCC#N. The first kappa shape index (κ1) is 13.3. The van der Waals surface area contributed by atoms with Crippen LogP contribution in [0.1, 0.15) is 18.9 Å². The number of nitrogens with zero attached hydrogens (tertiary/aromatic N) is 1. The van der Waals surface area contributed by atoms with Gasteiger partial charge in [-0.1, -0.05) is 6.92 Å². The largest absolute Gasteiger partial charge is 0.497 e. The maximum atomic E-state index is 8.52. The Kier molecular flexibility index (Phi) is 5.31. The first-order valence-electron chi connectivity index (χ1n) is 5.63. The molecule has 0 aliphatic carbocycles. The van der Waals surface area contributed by atoms with E-state index in [1.165, 1.54) is 0 Å². The second-order valence-electron chi connectivity index (χ2n) is 3.79. The molecule has 0 fully saturated rings. The summed E-state index contributed by atoms with van der Waals surface area (Å²) in [5, 5.41) is 8.52. The molecule has 1 unspecified atom stereocenters. The predicted octanol–water partition coefficient (Wildman–Crippen LogP) is 1.88. The van der Waals surface area contributed by atoms with E-state index in [4.69, 9.17) is 20.5 Å². The Morgan fingerprint density at radius 2 is 2.24 bits per heavy atom. The number of hydrogen-bond donors (Lipinski definition) is 1. The molecular formula is C13H18N2O2. The maximum absolute atomic E-state index is 8.52. The molecule has 0 spiro atoms. The molecule has 1 aromatic rings. The summed E-state index contributed by atoms with van der Waals surface area (Å²) in [6.07, 6.45) is 1.61. The molecular weight excluding hydrogens is 216 g/mol. The highest BCUT2D eigenvalue weighted by atomic mass is 16.5. The molecule has 0 amide bonds. The summed E-state index contributed by atoms with van der Waals surface area (Å²) in [5.41, 5.74) is 6.91. The summed E-state index contributed by atoms with van der Waals surface area (Å²) in [4.78, 5) is 0. The van der Waals surface area contributed by atoms with Crippen LogP contribution in [0.15, 0.2) is 18.2 Å². The van der Waals surface area contributed by atoms with Gasteiger partial charge in [0.1, 0.15) is 17.6 Å². The Hall–Kier alpha value is -1.73. The average molecular weight is 234 g/mol. The first-order valence-corrected chi connectivity index (χ1v) is 5.63.